The van der Waals surface area contributed by atoms with E-state index >= 15 is 0 Å². The van der Waals surface area contributed by atoms with Gasteiger partial charge in [-0.1, -0.05) is 48.9 Å². The van der Waals surface area contributed by atoms with Gasteiger partial charge in [0.1, 0.15) is 0 Å². The van der Waals surface area contributed by atoms with Crippen molar-refractivity contribution >= 4 is 44.8 Å². The highest BCUT2D eigenvalue weighted by Crippen LogP contribution is 2.26. The fraction of sp³-hybridized carbons (Fsp3) is 0.167. The van der Waals surface area contributed by atoms with Crippen LogP contribution >= 0.6 is 11.6 Å². The van der Waals surface area contributed by atoms with Gasteiger partial charge in [-0.15, -0.1) is 0 Å². The van der Waals surface area contributed by atoms with E-state index in [1.54, 1.807) is 42.5 Å². The lowest BCUT2D eigenvalue weighted by atomic mass is 10.1. The topological polar surface area (TPSA) is 104 Å². The maximum absolute atomic E-state index is 12.8. The highest BCUT2D eigenvalue weighted by atomic mass is 35.5. The minimum Gasteiger partial charge on any atom is -0.350 e. The van der Waals surface area contributed by atoms with Crippen molar-refractivity contribution in [3.63, 3.8) is 0 Å². The standard InChI is InChI=1S/C24H24ClN3O4S/c1-3-16(2)26-24(30)19-11-7-8-12-21(19)27-23(29)17-13-14-22(20(25)15-17)28-33(31,32)18-9-5-4-6-10-18/h4-16,28H,3H2,1-2H3,(H,26,30)(H,27,29)/t16-/m1/s1. The molecule has 2 amide bonds. The molecule has 1 atom stereocenters. The second-order valence-corrected chi connectivity index (χ2v) is 9.49. The molecule has 0 aromatic heterocycles. The molecule has 3 aromatic rings. The predicted octanol–water partition coefficient (Wildman–Crippen LogP) is 4.92. The lowest BCUT2D eigenvalue weighted by Gasteiger charge is -2.15. The summed E-state index contributed by atoms with van der Waals surface area (Å²) in [5.74, 6) is -0.776. The molecule has 3 aromatic carbocycles. The number of hydrogen-bond donors (Lipinski definition) is 3. The molecule has 0 aliphatic rings. The highest BCUT2D eigenvalue weighted by molar-refractivity contribution is 7.92. The Morgan fingerprint density at radius 2 is 1.58 bits per heavy atom. The van der Waals surface area contributed by atoms with Gasteiger partial charge in [0.2, 0.25) is 0 Å². The first-order valence-corrected chi connectivity index (χ1v) is 12.2. The number of para-hydroxylation sites is 1. The maximum atomic E-state index is 12.8. The molecule has 0 bridgehead atoms. The zero-order chi connectivity index (χ0) is 24.0. The fourth-order valence-electron chi connectivity index (χ4n) is 2.93. The van der Waals surface area contributed by atoms with Crippen molar-refractivity contribution in [1.82, 2.24) is 5.32 Å². The summed E-state index contributed by atoms with van der Waals surface area (Å²) in [6.07, 6.45) is 0.777. The number of sulfonamides is 1. The van der Waals surface area contributed by atoms with Crippen LogP contribution in [0.2, 0.25) is 5.02 Å². The summed E-state index contributed by atoms with van der Waals surface area (Å²) in [5, 5.41) is 5.66. The van der Waals surface area contributed by atoms with E-state index in [1.165, 1.54) is 30.3 Å². The Morgan fingerprint density at radius 1 is 0.909 bits per heavy atom. The number of rotatable bonds is 8. The van der Waals surface area contributed by atoms with Crippen LogP contribution in [0.5, 0.6) is 0 Å². The van der Waals surface area contributed by atoms with Crippen molar-refractivity contribution in [2.75, 3.05) is 10.0 Å². The van der Waals surface area contributed by atoms with Crippen molar-refractivity contribution in [3.05, 3.63) is 88.9 Å². The van der Waals surface area contributed by atoms with Crippen LogP contribution in [0, 0.1) is 0 Å². The lowest BCUT2D eigenvalue weighted by Crippen LogP contribution is -2.32. The first-order chi connectivity index (χ1) is 15.7. The molecule has 33 heavy (non-hydrogen) atoms. The zero-order valence-corrected chi connectivity index (χ0v) is 19.7. The van der Waals surface area contributed by atoms with Crippen molar-refractivity contribution in [2.24, 2.45) is 0 Å². The van der Waals surface area contributed by atoms with Crippen LogP contribution in [0.1, 0.15) is 41.0 Å². The molecule has 9 heteroatoms. The molecule has 0 saturated heterocycles. The molecule has 0 spiro atoms. The normalized spacial score (nSPS) is 12.0. The van der Waals surface area contributed by atoms with E-state index in [1.807, 2.05) is 13.8 Å². The number of amides is 2. The number of hydrogen-bond acceptors (Lipinski definition) is 4. The summed E-state index contributed by atoms with van der Waals surface area (Å²) in [6, 6.07) is 18.8. The van der Waals surface area contributed by atoms with Gasteiger partial charge in [-0.2, -0.15) is 0 Å². The minimum atomic E-state index is -3.82. The van der Waals surface area contributed by atoms with Gasteiger partial charge >= 0.3 is 0 Å². The van der Waals surface area contributed by atoms with Gasteiger partial charge in [0.25, 0.3) is 21.8 Å². The second kappa shape index (κ2) is 10.5. The van der Waals surface area contributed by atoms with Crippen LogP contribution < -0.4 is 15.4 Å². The number of anilines is 2. The Morgan fingerprint density at radius 3 is 2.24 bits per heavy atom. The third-order valence-electron chi connectivity index (χ3n) is 4.94. The summed E-state index contributed by atoms with van der Waals surface area (Å²) in [5.41, 5.74) is 1.04. The van der Waals surface area contributed by atoms with E-state index in [0.717, 1.165) is 6.42 Å². The number of nitrogens with one attached hydrogen (secondary N) is 3. The Balaban J connectivity index is 1.77. The van der Waals surface area contributed by atoms with Gasteiger partial charge in [0.05, 0.1) is 26.9 Å². The summed E-state index contributed by atoms with van der Waals surface area (Å²) in [7, 11) is -3.82. The van der Waals surface area contributed by atoms with Crippen LogP contribution in [0.15, 0.2) is 77.7 Å². The summed E-state index contributed by atoms with van der Waals surface area (Å²) < 4.78 is 27.5. The van der Waals surface area contributed by atoms with E-state index in [0.29, 0.717) is 11.3 Å². The average molecular weight is 486 g/mol. The molecule has 0 unspecified atom stereocenters. The third kappa shape index (κ3) is 6.12. The summed E-state index contributed by atoms with van der Waals surface area (Å²) in [4.78, 5) is 25.4. The first-order valence-electron chi connectivity index (χ1n) is 10.3. The minimum absolute atomic E-state index is 0.00715. The van der Waals surface area contributed by atoms with E-state index < -0.39 is 15.9 Å². The van der Waals surface area contributed by atoms with Crippen LogP contribution in [0.4, 0.5) is 11.4 Å². The Hall–Kier alpha value is -3.36. The van der Waals surface area contributed by atoms with Gasteiger partial charge in [0.15, 0.2) is 0 Å². The number of carbonyl (C=O) groups excluding carboxylic acids is 2. The van der Waals surface area contributed by atoms with Gasteiger partial charge in [0, 0.05) is 11.6 Å². The third-order valence-corrected chi connectivity index (χ3v) is 6.63. The maximum Gasteiger partial charge on any atom is 0.261 e. The quantitative estimate of drug-likeness (QED) is 0.421. The molecule has 0 fully saturated rings. The predicted molar refractivity (Wildman–Crippen MR) is 130 cm³/mol. The largest absolute Gasteiger partial charge is 0.350 e. The molecule has 0 aliphatic carbocycles. The monoisotopic (exact) mass is 485 g/mol. The molecule has 0 heterocycles. The Bertz CT molecular complexity index is 1260. The van der Waals surface area contributed by atoms with Crippen molar-refractivity contribution in [3.8, 4) is 0 Å². The van der Waals surface area contributed by atoms with E-state index in [9.17, 15) is 18.0 Å². The molecule has 172 valence electrons. The summed E-state index contributed by atoms with van der Waals surface area (Å²) in [6.45, 7) is 3.86. The Kier molecular flexibility index (Phi) is 7.73. The van der Waals surface area contributed by atoms with Crippen LogP contribution in [0.25, 0.3) is 0 Å². The fourth-order valence-corrected chi connectivity index (χ4v) is 4.32. The number of benzene rings is 3. The Labute approximate surface area is 198 Å². The van der Waals surface area contributed by atoms with E-state index in [2.05, 4.69) is 15.4 Å². The molecule has 0 radical (unpaired) electrons. The van der Waals surface area contributed by atoms with Gasteiger partial charge < -0.3 is 10.6 Å². The van der Waals surface area contributed by atoms with E-state index in [-0.39, 0.29) is 33.1 Å². The lowest BCUT2D eigenvalue weighted by molar-refractivity contribution is 0.0940. The van der Waals surface area contributed by atoms with Gasteiger partial charge in [-0.25, -0.2) is 8.42 Å². The van der Waals surface area contributed by atoms with E-state index in [4.69, 9.17) is 11.6 Å². The molecular formula is C24H24ClN3O4S. The van der Waals surface area contributed by atoms with Crippen LogP contribution in [-0.4, -0.2) is 26.3 Å². The highest BCUT2D eigenvalue weighted by Gasteiger charge is 2.18. The zero-order valence-electron chi connectivity index (χ0n) is 18.1. The smallest absolute Gasteiger partial charge is 0.261 e. The average Bonchev–Trinajstić information content (AvgIpc) is 2.81. The van der Waals surface area contributed by atoms with Crippen molar-refractivity contribution in [1.29, 1.82) is 0 Å². The molecule has 7 nitrogen and oxygen atoms in total. The summed E-state index contributed by atoms with van der Waals surface area (Å²) >= 11 is 6.25. The van der Waals surface area contributed by atoms with Crippen molar-refractivity contribution < 1.29 is 18.0 Å². The number of halogens is 1. The van der Waals surface area contributed by atoms with Gasteiger partial charge in [-0.05, 0) is 55.8 Å². The number of carbonyl (C=O) groups is 2. The second-order valence-electron chi connectivity index (χ2n) is 7.40. The van der Waals surface area contributed by atoms with Gasteiger partial charge in [-0.3, -0.25) is 14.3 Å². The molecule has 0 aliphatic heterocycles. The molecule has 3 N–H and O–H groups in total. The SMILES string of the molecule is CC[C@@H](C)NC(=O)c1ccccc1NC(=O)c1ccc(NS(=O)(=O)c2ccccc2)c(Cl)c1. The molecule has 0 saturated carbocycles. The first kappa shape index (κ1) is 24.3. The van der Waals surface area contributed by atoms with Crippen LogP contribution in [0.3, 0.4) is 0 Å². The van der Waals surface area contributed by atoms with Crippen LogP contribution in [-0.2, 0) is 10.0 Å². The molecule has 3 rings (SSSR count). The van der Waals surface area contributed by atoms with Crippen molar-refractivity contribution in [2.45, 2.75) is 31.2 Å². The molecular weight excluding hydrogens is 462 g/mol.